The molecule has 0 saturated carbocycles. The third-order valence-corrected chi connectivity index (χ3v) is 3.66. The Bertz CT molecular complexity index is 410. The topological polar surface area (TPSA) is 30.5 Å². The molecule has 0 saturated heterocycles. The summed E-state index contributed by atoms with van der Waals surface area (Å²) in [6.07, 6.45) is 6.26. The Morgan fingerprint density at radius 2 is 1.80 bits per heavy atom. The number of rotatable bonds is 9. The molecule has 0 aromatic heterocycles. The Hall–Kier alpha value is -1.09. The highest BCUT2D eigenvalue weighted by Gasteiger charge is 2.11. The summed E-state index contributed by atoms with van der Waals surface area (Å²) in [6.45, 7) is 4.41. The zero-order valence-corrected chi connectivity index (χ0v) is 13.7. The first-order valence-electron chi connectivity index (χ1n) is 7.30. The molecule has 0 fully saturated rings. The van der Waals surface area contributed by atoms with Gasteiger partial charge in [0.05, 0.1) is 24.9 Å². The fraction of sp³-hybridized carbons (Fsp3) is 0.625. The van der Waals surface area contributed by atoms with E-state index in [-0.39, 0.29) is 0 Å². The Labute approximate surface area is 127 Å². The SMILES string of the molecule is CCCCCCC(C)Nc1cc(Cl)c(OC)cc1OC. The van der Waals surface area contributed by atoms with Crippen molar-refractivity contribution in [3.63, 3.8) is 0 Å². The van der Waals surface area contributed by atoms with Crippen molar-refractivity contribution < 1.29 is 9.47 Å². The van der Waals surface area contributed by atoms with E-state index in [1.807, 2.05) is 12.1 Å². The van der Waals surface area contributed by atoms with Crippen LogP contribution in [0.25, 0.3) is 0 Å². The van der Waals surface area contributed by atoms with Crippen LogP contribution in [-0.4, -0.2) is 20.3 Å². The summed E-state index contributed by atoms with van der Waals surface area (Å²) < 4.78 is 10.6. The molecule has 20 heavy (non-hydrogen) atoms. The zero-order valence-electron chi connectivity index (χ0n) is 13.0. The van der Waals surface area contributed by atoms with Crippen molar-refractivity contribution in [1.29, 1.82) is 0 Å². The first-order chi connectivity index (χ1) is 9.62. The van der Waals surface area contributed by atoms with Gasteiger partial charge < -0.3 is 14.8 Å². The highest BCUT2D eigenvalue weighted by Crippen LogP contribution is 2.36. The predicted octanol–water partition coefficient (Wildman–Crippen LogP) is 5.13. The van der Waals surface area contributed by atoms with Crippen LogP contribution in [0.3, 0.4) is 0 Å². The Morgan fingerprint density at radius 3 is 2.40 bits per heavy atom. The molecule has 1 aromatic carbocycles. The first-order valence-corrected chi connectivity index (χ1v) is 7.68. The summed E-state index contributed by atoms with van der Waals surface area (Å²) in [7, 11) is 3.25. The minimum Gasteiger partial charge on any atom is -0.495 e. The highest BCUT2D eigenvalue weighted by molar-refractivity contribution is 6.32. The van der Waals surface area contributed by atoms with Gasteiger partial charge in [-0.15, -0.1) is 0 Å². The number of methoxy groups -OCH3 is 2. The molecular formula is C16H26ClNO2. The Balaban J connectivity index is 2.64. The second-order valence-corrected chi connectivity index (χ2v) is 5.49. The molecule has 1 atom stereocenters. The number of hydrogen-bond acceptors (Lipinski definition) is 3. The van der Waals surface area contributed by atoms with Crippen molar-refractivity contribution in [3.8, 4) is 11.5 Å². The van der Waals surface area contributed by atoms with E-state index >= 15 is 0 Å². The predicted molar refractivity (Wildman–Crippen MR) is 86.4 cm³/mol. The van der Waals surface area contributed by atoms with Gasteiger partial charge in [-0.3, -0.25) is 0 Å². The van der Waals surface area contributed by atoms with Gasteiger partial charge in [-0.05, 0) is 19.4 Å². The molecule has 1 rings (SSSR count). The average Bonchev–Trinajstić information content (AvgIpc) is 2.44. The van der Waals surface area contributed by atoms with Gasteiger partial charge in [0.15, 0.2) is 0 Å². The van der Waals surface area contributed by atoms with Crippen molar-refractivity contribution in [1.82, 2.24) is 0 Å². The average molecular weight is 300 g/mol. The number of halogens is 1. The van der Waals surface area contributed by atoms with Crippen molar-refractivity contribution in [2.45, 2.75) is 52.0 Å². The summed E-state index contributed by atoms with van der Waals surface area (Å²) in [4.78, 5) is 0. The van der Waals surface area contributed by atoms with Crippen LogP contribution in [0.5, 0.6) is 11.5 Å². The Morgan fingerprint density at radius 1 is 1.10 bits per heavy atom. The molecule has 1 N–H and O–H groups in total. The van der Waals surface area contributed by atoms with Crippen molar-refractivity contribution >= 4 is 17.3 Å². The molecule has 0 aliphatic heterocycles. The van der Waals surface area contributed by atoms with E-state index in [1.165, 1.54) is 25.7 Å². The second kappa shape index (κ2) is 8.96. The van der Waals surface area contributed by atoms with E-state index in [9.17, 15) is 0 Å². The fourth-order valence-electron chi connectivity index (χ4n) is 2.19. The van der Waals surface area contributed by atoms with E-state index in [4.69, 9.17) is 21.1 Å². The maximum atomic E-state index is 6.17. The van der Waals surface area contributed by atoms with Gasteiger partial charge in [0.2, 0.25) is 0 Å². The lowest BCUT2D eigenvalue weighted by molar-refractivity contribution is 0.395. The third-order valence-electron chi connectivity index (χ3n) is 3.37. The van der Waals surface area contributed by atoms with Crippen LogP contribution in [0.4, 0.5) is 5.69 Å². The van der Waals surface area contributed by atoms with Gasteiger partial charge in [-0.25, -0.2) is 0 Å². The molecule has 1 aromatic rings. The molecule has 3 nitrogen and oxygen atoms in total. The summed E-state index contributed by atoms with van der Waals surface area (Å²) in [5.41, 5.74) is 0.918. The molecule has 0 heterocycles. The molecule has 0 radical (unpaired) electrons. The van der Waals surface area contributed by atoms with Crippen LogP contribution in [0.2, 0.25) is 5.02 Å². The number of hydrogen-bond donors (Lipinski definition) is 1. The van der Waals surface area contributed by atoms with Crippen molar-refractivity contribution in [2.24, 2.45) is 0 Å². The smallest absolute Gasteiger partial charge is 0.145 e. The third kappa shape index (κ3) is 5.12. The maximum Gasteiger partial charge on any atom is 0.145 e. The van der Waals surface area contributed by atoms with E-state index in [2.05, 4.69) is 19.2 Å². The van der Waals surface area contributed by atoms with Gasteiger partial charge in [-0.1, -0.05) is 44.2 Å². The molecule has 0 amide bonds. The van der Waals surface area contributed by atoms with Gasteiger partial charge >= 0.3 is 0 Å². The minimum absolute atomic E-state index is 0.394. The molecule has 0 aliphatic rings. The van der Waals surface area contributed by atoms with Crippen LogP contribution < -0.4 is 14.8 Å². The van der Waals surface area contributed by atoms with E-state index < -0.39 is 0 Å². The molecule has 0 spiro atoms. The Kier molecular flexibility index (Phi) is 7.60. The molecule has 114 valence electrons. The van der Waals surface area contributed by atoms with E-state index in [0.29, 0.717) is 16.8 Å². The summed E-state index contributed by atoms with van der Waals surface area (Å²) >= 11 is 6.17. The molecule has 0 aliphatic carbocycles. The van der Waals surface area contributed by atoms with Gasteiger partial charge in [0.1, 0.15) is 11.5 Å². The van der Waals surface area contributed by atoms with Crippen LogP contribution in [0, 0.1) is 0 Å². The lowest BCUT2D eigenvalue weighted by Gasteiger charge is -2.18. The number of benzene rings is 1. The monoisotopic (exact) mass is 299 g/mol. The normalized spacial score (nSPS) is 12.1. The molecule has 4 heteroatoms. The first kappa shape index (κ1) is 17.0. The lowest BCUT2D eigenvalue weighted by Crippen LogP contribution is -2.15. The second-order valence-electron chi connectivity index (χ2n) is 5.08. The maximum absolute atomic E-state index is 6.17. The quantitative estimate of drug-likeness (QED) is 0.641. The van der Waals surface area contributed by atoms with Gasteiger partial charge in [0, 0.05) is 12.1 Å². The fourth-order valence-corrected chi connectivity index (χ4v) is 2.43. The molecule has 1 unspecified atom stereocenters. The van der Waals surface area contributed by atoms with Gasteiger partial charge in [0.25, 0.3) is 0 Å². The van der Waals surface area contributed by atoms with Crippen LogP contribution in [-0.2, 0) is 0 Å². The van der Waals surface area contributed by atoms with Crippen molar-refractivity contribution in [3.05, 3.63) is 17.2 Å². The number of nitrogens with one attached hydrogen (secondary N) is 1. The molecule has 0 bridgehead atoms. The van der Waals surface area contributed by atoms with Gasteiger partial charge in [-0.2, -0.15) is 0 Å². The summed E-state index contributed by atoms with van der Waals surface area (Å²) in [5.74, 6) is 1.39. The molecular weight excluding hydrogens is 274 g/mol. The zero-order chi connectivity index (χ0) is 15.0. The van der Waals surface area contributed by atoms with E-state index in [0.717, 1.165) is 17.9 Å². The number of ether oxygens (including phenoxy) is 2. The highest BCUT2D eigenvalue weighted by atomic mass is 35.5. The summed E-state index contributed by atoms with van der Waals surface area (Å²) in [6, 6.07) is 4.07. The van der Waals surface area contributed by atoms with Crippen molar-refractivity contribution in [2.75, 3.05) is 19.5 Å². The number of anilines is 1. The summed E-state index contributed by atoms with van der Waals surface area (Å²) in [5, 5.41) is 4.06. The standard InChI is InChI=1S/C16H26ClNO2/c1-5-6-7-8-9-12(2)18-14-10-13(17)15(19-3)11-16(14)20-4/h10-12,18H,5-9H2,1-4H3. The number of unbranched alkanes of at least 4 members (excludes halogenated alkanes) is 3. The van der Waals surface area contributed by atoms with E-state index in [1.54, 1.807) is 14.2 Å². The van der Waals surface area contributed by atoms with Crippen LogP contribution >= 0.6 is 11.6 Å². The minimum atomic E-state index is 0.394. The van der Waals surface area contributed by atoms with Crippen LogP contribution in [0.15, 0.2) is 12.1 Å². The lowest BCUT2D eigenvalue weighted by atomic mass is 10.1. The van der Waals surface area contributed by atoms with Crippen LogP contribution in [0.1, 0.15) is 46.0 Å². The largest absolute Gasteiger partial charge is 0.495 e.